The molecule has 0 radical (unpaired) electrons. The van der Waals surface area contributed by atoms with E-state index >= 15 is 0 Å². The van der Waals surface area contributed by atoms with E-state index in [1.165, 1.54) is 24.0 Å². The van der Waals surface area contributed by atoms with Gasteiger partial charge in [0.2, 0.25) is 5.78 Å². The zero-order chi connectivity index (χ0) is 11.8. The van der Waals surface area contributed by atoms with Gasteiger partial charge in [0.15, 0.2) is 6.10 Å². The Labute approximate surface area is 102 Å². The molecule has 0 spiro atoms. The number of Topliss-reactive ketones (excluding diaryl/α,β-unsaturated/α-hetero) is 1. The number of hydrogen-bond donors (Lipinski definition) is 0. The van der Waals surface area contributed by atoms with Crippen LogP contribution < -0.4 is 4.74 Å². The van der Waals surface area contributed by atoms with Crippen LogP contribution in [0, 0.1) is 0 Å². The van der Waals surface area contributed by atoms with E-state index in [9.17, 15) is 4.79 Å². The van der Waals surface area contributed by atoms with E-state index in [1.54, 1.807) is 0 Å². The number of carbonyl (C=O) groups is 1. The standard InChI is InChI=1S/C15H18O2/c1-2-5-13-15(16)12-8-10-6-3-4-7-11(10)9-14(12)17-13/h8-9,13H,2-7H2,1H3. The van der Waals surface area contributed by atoms with Crippen molar-refractivity contribution >= 4 is 5.78 Å². The second kappa shape index (κ2) is 4.17. The summed E-state index contributed by atoms with van der Waals surface area (Å²) >= 11 is 0. The summed E-state index contributed by atoms with van der Waals surface area (Å²) in [5, 5.41) is 0. The van der Waals surface area contributed by atoms with Gasteiger partial charge in [0, 0.05) is 0 Å². The predicted molar refractivity (Wildman–Crippen MR) is 66.7 cm³/mol. The fraction of sp³-hybridized carbons (Fsp3) is 0.533. The topological polar surface area (TPSA) is 26.3 Å². The molecule has 1 atom stereocenters. The summed E-state index contributed by atoms with van der Waals surface area (Å²) in [7, 11) is 0. The quantitative estimate of drug-likeness (QED) is 0.779. The first-order valence-corrected chi connectivity index (χ1v) is 6.66. The Hall–Kier alpha value is -1.31. The summed E-state index contributed by atoms with van der Waals surface area (Å²) in [5.41, 5.74) is 3.58. The molecule has 0 bridgehead atoms. The summed E-state index contributed by atoms with van der Waals surface area (Å²) in [6.45, 7) is 2.09. The number of carbonyl (C=O) groups excluding carboxylic acids is 1. The fourth-order valence-electron chi connectivity index (χ4n) is 2.89. The van der Waals surface area contributed by atoms with E-state index < -0.39 is 0 Å². The van der Waals surface area contributed by atoms with Gasteiger partial charge in [0.1, 0.15) is 5.75 Å². The largest absolute Gasteiger partial charge is 0.481 e. The van der Waals surface area contributed by atoms with Crippen LogP contribution in [0.3, 0.4) is 0 Å². The first-order chi connectivity index (χ1) is 8.29. The number of ketones is 1. The van der Waals surface area contributed by atoms with Crippen LogP contribution >= 0.6 is 0 Å². The molecule has 1 aliphatic heterocycles. The molecule has 1 unspecified atom stereocenters. The molecule has 1 aliphatic carbocycles. The third-order valence-corrected chi connectivity index (χ3v) is 3.82. The van der Waals surface area contributed by atoms with Crippen molar-refractivity contribution in [1.82, 2.24) is 0 Å². The van der Waals surface area contributed by atoms with Crippen molar-refractivity contribution in [1.29, 1.82) is 0 Å². The van der Waals surface area contributed by atoms with Gasteiger partial charge >= 0.3 is 0 Å². The van der Waals surface area contributed by atoms with Gasteiger partial charge in [0.25, 0.3) is 0 Å². The monoisotopic (exact) mass is 230 g/mol. The van der Waals surface area contributed by atoms with Gasteiger partial charge in [-0.25, -0.2) is 0 Å². The summed E-state index contributed by atoms with van der Waals surface area (Å²) in [5.74, 6) is 1.02. The molecule has 90 valence electrons. The number of ether oxygens (including phenoxy) is 1. The molecule has 1 aromatic rings. The lowest BCUT2D eigenvalue weighted by atomic mass is 9.89. The van der Waals surface area contributed by atoms with Gasteiger partial charge < -0.3 is 4.74 Å². The number of rotatable bonds is 2. The van der Waals surface area contributed by atoms with Crippen molar-refractivity contribution in [3.8, 4) is 5.75 Å². The highest BCUT2D eigenvalue weighted by atomic mass is 16.5. The highest BCUT2D eigenvalue weighted by Crippen LogP contribution is 2.35. The Morgan fingerprint density at radius 1 is 1.24 bits per heavy atom. The van der Waals surface area contributed by atoms with Crippen molar-refractivity contribution < 1.29 is 9.53 Å². The van der Waals surface area contributed by atoms with Crippen LogP contribution in [-0.4, -0.2) is 11.9 Å². The summed E-state index contributed by atoms with van der Waals surface area (Å²) in [6.07, 6.45) is 6.37. The van der Waals surface area contributed by atoms with Gasteiger partial charge in [-0.1, -0.05) is 13.3 Å². The number of benzene rings is 1. The zero-order valence-electron chi connectivity index (χ0n) is 10.3. The predicted octanol–water partition coefficient (Wildman–Crippen LogP) is 3.31. The van der Waals surface area contributed by atoms with Crippen LogP contribution in [0.5, 0.6) is 5.75 Å². The molecular weight excluding hydrogens is 212 g/mol. The van der Waals surface area contributed by atoms with E-state index in [0.717, 1.165) is 37.0 Å². The maximum absolute atomic E-state index is 12.1. The van der Waals surface area contributed by atoms with E-state index in [0.29, 0.717) is 0 Å². The summed E-state index contributed by atoms with van der Waals surface area (Å²) in [6, 6.07) is 4.19. The lowest BCUT2D eigenvalue weighted by molar-refractivity contribution is 0.0845. The first kappa shape index (κ1) is 10.8. The van der Waals surface area contributed by atoms with Crippen LogP contribution in [0.1, 0.15) is 54.1 Å². The van der Waals surface area contributed by atoms with E-state index in [1.807, 2.05) is 0 Å². The second-order valence-electron chi connectivity index (χ2n) is 5.08. The summed E-state index contributed by atoms with van der Waals surface area (Å²) < 4.78 is 5.78. The Bertz CT molecular complexity index is 462. The Balaban J connectivity index is 1.97. The molecule has 17 heavy (non-hydrogen) atoms. The molecule has 0 saturated carbocycles. The lowest BCUT2D eigenvalue weighted by Gasteiger charge is -2.16. The average molecular weight is 230 g/mol. The molecule has 0 aromatic heterocycles. The zero-order valence-corrected chi connectivity index (χ0v) is 10.3. The van der Waals surface area contributed by atoms with Gasteiger partial charge in [0.05, 0.1) is 5.56 Å². The van der Waals surface area contributed by atoms with Crippen molar-refractivity contribution in [2.24, 2.45) is 0 Å². The molecule has 2 nitrogen and oxygen atoms in total. The third kappa shape index (κ3) is 1.76. The molecule has 2 aliphatic rings. The molecule has 1 aromatic carbocycles. The fourth-order valence-corrected chi connectivity index (χ4v) is 2.89. The van der Waals surface area contributed by atoms with Gasteiger partial charge in [-0.2, -0.15) is 0 Å². The van der Waals surface area contributed by atoms with Crippen molar-refractivity contribution in [3.63, 3.8) is 0 Å². The first-order valence-electron chi connectivity index (χ1n) is 6.66. The Morgan fingerprint density at radius 2 is 1.94 bits per heavy atom. The number of hydrogen-bond acceptors (Lipinski definition) is 2. The van der Waals surface area contributed by atoms with Gasteiger partial charge in [-0.15, -0.1) is 0 Å². The number of aryl methyl sites for hydroxylation is 2. The minimum absolute atomic E-state index is 0.190. The van der Waals surface area contributed by atoms with Crippen LogP contribution in [0.4, 0.5) is 0 Å². The normalized spacial score (nSPS) is 21.9. The Morgan fingerprint density at radius 3 is 2.65 bits per heavy atom. The SMILES string of the molecule is CCCC1Oc2cc3c(cc2C1=O)CCCC3. The van der Waals surface area contributed by atoms with E-state index in [2.05, 4.69) is 19.1 Å². The maximum atomic E-state index is 12.1. The van der Waals surface area contributed by atoms with Crippen molar-refractivity contribution in [2.75, 3.05) is 0 Å². The molecule has 3 rings (SSSR count). The van der Waals surface area contributed by atoms with E-state index in [4.69, 9.17) is 4.74 Å². The van der Waals surface area contributed by atoms with Gasteiger partial charge in [-0.05, 0) is 55.4 Å². The highest BCUT2D eigenvalue weighted by molar-refractivity contribution is 6.04. The minimum atomic E-state index is -0.223. The molecule has 0 saturated heterocycles. The lowest BCUT2D eigenvalue weighted by Crippen LogP contribution is -2.19. The minimum Gasteiger partial charge on any atom is -0.481 e. The number of fused-ring (bicyclic) bond motifs is 2. The molecule has 1 heterocycles. The van der Waals surface area contributed by atoms with Crippen LogP contribution in [0.2, 0.25) is 0 Å². The van der Waals surface area contributed by atoms with E-state index in [-0.39, 0.29) is 11.9 Å². The van der Waals surface area contributed by atoms with Crippen LogP contribution in [-0.2, 0) is 12.8 Å². The van der Waals surface area contributed by atoms with Crippen LogP contribution in [0.25, 0.3) is 0 Å². The molecule has 2 heteroatoms. The molecular formula is C15H18O2. The smallest absolute Gasteiger partial charge is 0.207 e. The van der Waals surface area contributed by atoms with Crippen molar-refractivity contribution in [2.45, 2.75) is 51.6 Å². The third-order valence-electron chi connectivity index (χ3n) is 3.82. The second-order valence-corrected chi connectivity index (χ2v) is 5.08. The maximum Gasteiger partial charge on any atom is 0.207 e. The van der Waals surface area contributed by atoms with Gasteiger partial charge in [-0.3, -0.25) is 4.79 Å². The Kier molecular flexibility index (Phi) is 2.65. The van der Waals surface area contributed by atoms with Crippen molar-refractivity contribution in [3.05, 3.63) is 28.8 Å². The molecule has 0 fully saturated rings. The highest BCUT2D eigenvalue weighted by Gasteiger charge is 2.32. The molecule has 0 amide bonds. The van der Waals surface area contributed by atoms with Crippen LogP contribution in [0.15, 0.2) is 12.1 Å². The summed E-state index contributed by atoms with van der Waals surface area (Å²) in [4.78, 5) is 12.1. The average Bonchev–Trinajstić information content (AvgIpc) is 2.64. The molecule has 0 N–H and O–H groups in total.